The van der Waals surface area contributed by atoms with Crippen molar-refractivity contribution in [3.05, 3.63) is 0 Å². The SMILES string of the molecule is NC(=S)C1(C(=O)N2CCCN(CCO)CC2)CCCCC1. The molecule has 0 spiro atoms. The summed E-state index contributed by atoms with van der Waals surface area (Å²) >= 11 is 5.26. The molecule has 1 aliphatic carbocycles. The Morgan fingerprint density at radius 1 is 1.10 bits per heavy atom. The largest absolute Gasteiger partial charge is 0.395 e. The van der Waals surface area contributed by atoms with Crippen molar-refractivity contribution in [2.75, 3.05) is 39.3 Å². The second kappa shape index (κ2) is 7.51. The highest BCUT2D eigenvalue weighted by molar-refractivity contribution is 7.80. The van der Waals surface area contributed by atoms with Crippen LogP contribution in [-0.2, 0) is 4.79 Å². The predicted octanol–water partition coefficient (Wildman–Crippen LogP) is 0.750. The second-order valence-corrected chi connectivity index (χ2v) is 6.66. The van der Waals surface area contributed by atoms with Crippen LogP contribution >= 0.6 is 12.2 Å². The monoisotopic (exact) mass is 313 g/mol. The highest BCUT2D eigenvalue weighted by Gasteiger charge is 2.44. The Labute approximate surface area is 132 Å². The molecule has 120 valence electrons. The molecular formula is C15H27N3O2S. The van der Waals surface area contributed by atoms with Gasteiger partial charge in [-0.3, -0.25) is 9.69 Å². The van der Waals surface area contributed by atoms with Crippen LogP contribution < -0.4 is 5.73 Å². The molecule has 2 rings (SSSR count). The minimum absolute atomic E-state index is 0.139. The third kappa shape index (κ3) is 3.73. The molecule has 21 heavy (non-hydrogen) atoms. The van der Waals surface area contributed by atoms with Gasteiger partial charge >= 0.3 is 0 Å². The Morgan fingerprint density at radius 3 is 2.43 bits per heavy atom. The molecule has 0 aromatic heterocycles. The van der Waals surface area contributed by atoms with E-state index in [2.05, 4.69) is 4.90 Å². The molecule has 1 saturated carbocycles. The third-order valence-corrected chi connectivity index (χ3v) is 5.27. The standard InChI is InChI=1S/C15H27N3O2S/c16-13(21)15(5-2-1-3-6-15)14(20)18-8-4-7-17(9-10-18)11-12-19/h19H,1-12H2,(H2,16,21). The number of nitrogens with two attached hydrogens (primary N) is 1. The number of carbonyl (C=O) groups is 1. The highest BCUT2D eigenvalue weighted by Crippen LogP contribution is 2.38. The molecule has 1 saturated heterocycles. The lowest BCUT2D eigenvalue weighted by molar-refractivity contribution is -0.139. The number of aliphatic hydroxyl groups excluding tert-OH is 1. The zero-order chi connectivity index (χ0) is 15.3. The van der Waals surface area contributed by atoms with E-state index in [9.17, 15) is 4.79 Å². The lowest BCUT2D eigenvalue weighted by Gasteiger charge is -2.38. The van der Waals surface area contributed by atoms with Crippen molar-refractivity contribution in [1.29, 1.82) is 0 Å². The van der Waals surface area contributed by atoms with Crippen molar-refractivity contribution in [3.63, 3.8) is 0 Å². The maximum atomic E-state index is 13.0. The molecule has 2 aliphatic rings. The summed E-state index contributed by atoms with van der Waals surface area (Å²) in [5.74, 6) is 0.139. The molecule has 0 bridgehead atoms. The predicted molar refractivity (Wildman–Crippen MR) is 87.0 cm³/mol. The summed E-state index contributed by atoms with van der Waals surface area (Å²) in [4.78, 5) is 17.6. The summed E-state index contributed by atoms with van der Waals surface area (Å²) in [5, 5.41) is 9.05. The average Bonchev–Trinajstić information content (AvgIpc) is 2.73. The quantitative estimate of drug-likeness (QED) is 0.750. The van der Waals surface area contributed by atoms with Gasteiger partial charge in [0.05, 0.1) is 17.0 Å². The normalized spacial score (nSPS) is 23.6. The van der Waals surface area contributed by atoms with Crippen molar-refractivity contribution in [2.24, 2.45) is 11.1 Å². The lowest BCUT2D eigenvalue weighted by atomic mass is 9.73. The fourth-order valence-electron chi connectivity index (χ4n) is 3.56. The summed E-state index contributed by atoms with van der Waals surface area (Å²) in [6.45, 7) is 4.09. The van der Waals surface area contributed by atoms with Crippen molar-refractivity contribution in [2.45, 2.75) is 38.5 Å². The summed E-state index contributed by atoms with van der Waals surface area (Å²) in [6, 6.07) is 0. The number of hydrogen-bond donors (Lipinski definition) is 2. The van der Waals surface area contributed by atoms with Crippen LogP contribution in [0.5, 0.6) is 0 Å². The smallest absolute Gasteiger partial charge is 0.235 e. The Bertz CT molecular complexity index is 383. The van der Waals surface area contributed by atoms with Crippen LogP contribution in [0, 0.1) is 5.41 Å². The van der Waals surface area contributed by atoms with E-state index >= 15 is 0 Å². The summed E-state index contributed by atoms with van der Waals surface area (Å²) < 4.78 is 0. The summed E-state index contributed by atoms with van der Waals surface area (Å²) in [7, 11) is 0. The molecule has 0 radical (unpaired) electrons. The molecule has 3 N–H and O–H groups in total. The Balaban J connectivity index is 2.05. The van der Waals surface area contributed by atoms with Crippen molar-refractivity contribution < 1.29 is 9.90 Å². The van der Waals surface area contributed by atoms with Crippen molar-refractivity contribution in [1.82, 2.24) is 9.80 Å². The maximum Gasteiger partial charge on any atom is 0.235 e. The molecule has 1 heterocycles. The molecule has 0 aromatic rings. The van der Waals surface area contributed by atoms with Crippen LogP contribution in [0.3, 0.4) is 0 Å². The molecule has 1 amide bonds. The van der Waals surface area contributed by atoms with Gasteiger partial charge in [-0.1, -0.05) is 31.5 Å². The van der Waals surface area contributed by atoms with E-state index in [1.165, 1.54) is 6.42 Å². The number of amides is 1. The minimum Gasteiger partial charge on any atom is -0.395 e. The van der Waals surface area contributed by atoms with Gasteiger partial charge in [-0.15, -0.1) is 0 Å². The van der Waals surface area contributed by atoms with Crippen LogP contribution in [0.2, 0.25) is 0 Å². The van der Waals surface area contributed by atoms with Gasteiger partial charge in [0.25, 0.3) is 0 Å². The molecule has 5 nitrogen and oxygen atoms in total. The average molecular weight is 313 g/mol. The Morgan fingerprint density at radius 2 is 1.81 bits per heavy atom. The second-order valence-electron chi connectivity index (χ2n) is 6.22. The van der Waals surface area contributed by atoms with E-state index in [4.69, 9.17) is 23.1 Å². The van der Waals surface area contributed by atoms with Gasteiger partial charge in [0, 0.05) is 26.2 Å². The van der Waals surface area contributed by atoms with Crippen LogP contribution in [0.4, 0.5) is 0 Å². The Hall–Kier alpha value is -0.720. The molecule has 0 unspecified atom stereocenters. The fraction of sp³-hybridized carbons (Fsp3) is 0.867. The van der Waals surface area contributed by atoms with Crippen molar-refractivity contribution >= 4 is 23.1 Å². The van der Waals surface area contributed by atoms with E-state index in [1.807, 2.05) is 4.90 Å². The number of nitrogens with zero attached hydrogens (tertiary/aromatic N) is 2. The number of aliphatic hydroxyl groups is 1. The lowest BCUT2D eigenvalue weighted by Crippen LogP contribution is -2.52. The van der Waals surface area contributed by atoms with Gasteiger partial charge < -0.3 is 15.7 Å². The van der Waals surface area contributed by atoms with Gasteiger partial charge in [0.1, 0.15) is 0 Å². The van der Waals surface area contributed by atoms with Gasteiger partial charge in [0.15, 0.2) is 0 Å². The molecular weight excluding hydrogens is 286 g/mol. The maximum absolute atomic E-state index is 13.0. The molecule has 2 fully saturated rings. The summed E-state index contributed by atoms with van der Waals surface area (Å²) in [6.07, 6.45) is 5.79. The molecule has 0 atom stereocenters. The first-order valence-corrected chi connectivity index (χ1v) is 8.43. The van der Waals surface area contributed by atoms with E-state index in [0.717, 1.165) is 51.7 Å². The number of carbonyl (C=O) groups excluding carboxylic acids is 1. The van der Waals surface area contributed by atoms with E-state index in [0.29, 0.717) is 18.1 Å². The van der Waals surface area contributed by atoms with E-state index in [1.54, 1.807) is 0 Å². The minimum atomic E-state index is -0.597. The van der Waals surface area contributed by atoms with E-state index in [-0.39, 0.29) is 12.5 Å². The summed E-state index contributed by atoms with van der Waals surface area (Å²) in [5.41, 5.74) is 5.37. The van der Waals surface area contributed by atoms with Crippen LogP contribution in [-0.4, -0.2) is 65.1 Å². The molecule has 6 heteroatoms. The first kappa shape index (κ1) is 16.6. The third-order valence-electron chi connectivity index (χ3n) is 4.88. The number of β-amino-alcohol motifs (C(OH)–C–C–N with tert-alkyl or cyclic N) is 1. The van der Waals surface area contributed by atoms with Crippen LogP contribution in [0.15, 0.2) is 0 Å². The van der Waals surface area contributed by atoms with Crippen molar-refractivity contribution in [3.8, 4) is 0 Å². The first-order chi connectivity index (χ1) is 10.1. The fourth-order valence-corrected chi connectivity index (χ4v) is 3.85. The molecule has 1 aliphatic heterocycles. The van der Waals surface area contributed by atoms with Crippen LogP contribution in [0.25, 0.3) is 0 Å². The number of rotatable bonds is 4. The topological polar surface area (TPSA) is 69.8 Å². The first-order valence-electron chi connectivity index (χ1n) is 8.03. The Kier molecular flexibility index (Phi) is 5.96. The van der Waals surface area contributed by atoms with Crippen LogP contribution in [0.1, 0.15) is 38.5 Å². The number of hydrogen-bond acceptors (Lipinski definition) is 4. The highest BCUT2D eigenvalue weighted by atomic mass is 32.1. The van der Waals surface area contributed by atoms with E-state index < -0.39 is 5.41 Å². The van der Waals surface area contributed by atoms with Gasteiger partial charge in [0.2, 0.25) is 5.91 Å². The molecule has 0 aromatic carbocycles. The van der Waals surface area contributed by atoms with Gasteiger partial charge in [-0.25, -0.2) is 0 Å². The number of thiocarbonyl (C=S) groups is 1. The zero-order valence-corrected chi connectivity index (χ0v) is 13.5. The van der Waals surface area contributed by atoms with Gasteiger partial charge in [-0.05, 0) is 25.8 Å². The zero-order valence-electron chi connectivity index (χ0n) is 12.7. The van der Waals surface area contributed by atoms with Gasteiger partial charge in [-0.2, -0.15) is 0 Å².